The van der Waals surface area contributed by atoms with Crippen LogP contribution in [0.15, 0.2) is 48.5 Å². The van der Waals surface area contributed by atoms with Gasteiger partial charge in [-0.1, -0.05) is 11.6 Å². The van der Waals surface area contributed by atoms with E-state index in [0.717, 1.165) is 12.1 Å². The maximum absolute atomic E-state index is 12.8. The fourth-order valence-electron chi connectivity index (χ4n) is 3.75. The van der Waals surface area contributed by atoms with Crippen LogP contribution in [-0.2, 0) is 14.3 Å². The molecular formula is C22H23ClN4O4. The first-order valence-electron chi connectivity index (χ1n) is 10.1. The molecular weight excluding hydrogens is 420 g/mol. The molecule has 4 amide bonds. The summed E-state index contributed by atoms with van der Waals surface area (Å²) in [4.78, 5) is 40.7. The molecule has 162 valence electrons. The van der Waals surface area contributed by atoms with Crippen LogP contribution in [0.25, 0.3) is 0 Å². The van der Waals surface area contributed by atoms with Gasteiger partial charge in [-0.05, 0) is 61.4 Å². The highest BCUT2D eigenvalue weighted by molar-refractivity contribution is 6.30. The Morgan fingerprint density at radius 1 is 0.968 bits per heavy atom. The Morgan fingerprint density at radius 3 is 2.35 bits per heavy atom. The average Bonchev–Trinajstić information content (AvgIpc) is 3.27. The Morgan fingerprint density at radius 2 is 1.65 bits per heavy atom. The van der Waals surface area contributed by atoms with E-state index >= 15 is 0 Å². The Kier molecular flexibility index (Phi) is 6.39. The molecule has 2 saturated heterocycles. The topological polar surface area (TPSA) is 91.0 Å². The third kappa shape index (κ3) is 4.98. The lowest BCUT2D eigenvalue weighted by atomic mass is 10.2. The van der Waals surface area contributed by atoms with E-state index in [1.165, 1.54) is 0 Å². The summed E-state index contributed by atoms with van der Waals surface area (Å²) in [5.74, 6) is -0.324. The summed E-state index contributed by atoms with van der Waals surface area (Å²) < 4.78 is 5.15. The molecule has 8 nitrogen and oxygen atoms in total. The fourth-order valence-corrected chi connectivity index (χ4v) is 3.88. The van der Waals surface area contributed by atoms with E-state index in [1.807, 2.05) is 0 Å². The summed E-state index contributed by atoms with van der Waals surface area (Å²) in [6, 6.07) is 13.0. The van der Waals surface area contributed by atoms with Gasteiger partial charge in [-0.15, -0.1) is 0 Å². The predicted molar refractivity (Wildman–Crippen MR) is 118 cm³/mol. The molecule has 31 heavy (non-hydrogen) atoms. The van der Waals surface area contributed by atoms with Gasteiger partial charge < -0.3 is 25.2 Å². The van der Waals surface area contributed by atoms with Crippen LogP contribution in [-0.4, -0.2) is 55.1 Å². The summed E-state index contributed by atoms with van der Waals surface area (Å²) in [5, 5.41) is 6.27. The number of halogens is 1. The minimum absolute atomic E-state index is 0.0775. The van der Waals surface area contributed by atoms with Gasteiger partial charge in [0.05, 0.1) is 6.61 Å². The van der Waals surface area contributed by atoms with Crippen molar-refractivity contribution in [2.24, 2.45) is 0 Å². The van der Waals surface area contributed by atoms with Crippen molar-refractivity contribution in [3.8, 4) is 0 Å². The molecule has 0 aromatic heterocycles. The minimum Gasteiger partial charge on any atom is -0.370 e. The van der Waals surface area contributed by atoms with Crippen molar-refractivity contribution in [2.75, 3.05) is 41.8 Å². The number of carbonyl (C=O) groups excluding carboxylic acids is 3. The molecule has 0 aliphatic carbocycles. The molecule has 0 unspecified atom stereocenters. The SMILES string of the molecule is O=C(Nc1ccc(N2CCOCC2=O)cc1)[C@H]1CCCN1C(=O)Nc1ccc(Cl)cc1. The minimum atomic E-state index is -0.548. The quantitative estimate of drug-likeness (QED) is 0.759. The number of hydrogen-bond acceptors (Lipinski definition) is 4. The van der Waals surface area contributed by atoms with Crippen LogP contribution in [0.5, 0.6) is 0 Å². The lowest BCUT2D eigenvalue weighted by Crippen LogP contribution is -2.45. The van der Waals surface area contributed by atoms with Crippen LogP contribution in [0.3, 0.4) is 0 Å². The van der Waals surface area contributed by atoms with Gasteiger partial charge in [0.2, 0.25) is 5.91 Å². The van der Waals surface area contributed by atoms with Crippen molar-refractivity contribution < 1.29 is 19.1 Å². The van der Waals surface area contributed by atoms with E-state index < -0.39 is 6.04 Å². The van der Waals surface area contributed by atoms with Gasteiger partial charge in [0.25, 0.3) is 5.91 Å². The fraction of sp³-hybridized carbons (Fsp3) is 0.318. The van der Waals surface area contributed by atoms with Gasteiger partial charge in [0, 0.05) is 35.2 Å². The number of anilines is 3. The summed E-state index contributed by atoms with van der Waals surface area (Å²) >= 11 is 5.88. The summed E-state index contributed by atoms with van der Waals surface area (Å²) in [6.45, 7) is 1.59. The zero-order valence-electron chi connectivity index (χ0n) is 16.8. The van der Waals surface area contributed by atoms with Crippen molar-refractivity contribution >= 4 is 46.5 Å². The predicted octanol–water partition coefficient (Wildman–Crippen LogP) is 3.34. The molecule has 2 heterocycles. The van der Waals surface area contributed by atoms with E-state index in [2.05, 4.69) is 10.6 Å². The van der Waals surface area contributed by atoms with Crippen LogP contribution in [0.1, 0.15) is 12.8 Å². The molecule has 0 radical (unpaired) electrons. The number of morpholine rings is 1. The van der Waals surface area contributed by atoms with Crippen LogP contribution in [0, 0.1) is 0 Å². The normalized spacial score (nSPS) is 18.7. The molecule has 0 saturated carbocycles. The summed E-state index contributed by atoms with van der Waals surface area (Å²) in [6.07, 6.45) is 1.35. The lowest BCUT2D eigenvalue weighted by Gasteiger charge is -2.27. The van der Waals surface area contributed by atoms with E-state index in [1.54, 1.807) is 58.3 Å². The highest BCUT2D eigenvalue weighted by Crippen LogP contribution is 2.23. The molecule has 1 atom stereocenters. The molecule has 0 bridgehead atoms. The first-order valence-corrected chi connectivity index (χ1v) is 10.5. The second-order valence-corrected chi connectivity index (χ2v) is 7.86. The Labute approximate surface area is 185 Å². The maximum atomic E-state index is 12.8. The monoisotopic (exact) mass is 442 g/mol. The zero-order valence-corrected chi connectivity index (χ0v) is 17.6. The van der Waals surface area contributed by atoms with Crippen LogP contribution in [0.4, 0.5) is 21.9 Å². The van der Waals surface area contributed by atoms with Gasteiger partial charge in [-0.3, -0.25) is 9.59 Å². The number of carbonyl (C=O) groups is 3. The number of hydrogen-bond donors (Lipinski definition) is 2. The highest BCUT2D eigenvalue weighted by Gasteiger charge is 2.34. The second kappa shape index (κ2) is 9.36. The number of benzene rings is 2. The maximum Gasteiger partial charge on any atom is 0.322 e. The number of ether oxygens (including phenoxy) is 1. The van der Waals surface area contributed by atoms with Gasteiger partial charge in [0.1, 0.15) is 12.6 Å². The third-order valence-corrected chi connectivity index (χ3v) is 5.60. The summed E-state index contributed by atoms with van der Waals surface area (Å²) in [7, 11) is 0. The molecule has 2 fully saturated rings. The Hall–Kier alpha value is -3.10. The van der Waals surface area contributed by atoms with Gasteiger partial charge >= 0.3 is 6.03 Å². The molecule has 2 aliphatic heterocycles. The molecule has 2 aliphatic rings. The van der Waals surface area contributed by atoms with Crippen LogP contribution < -0.4 is 15.5 Å². The molecule has 2 aromatic rings. The first kappa shape index (κ1) is 21.1. The third-order valence-electron chi connectivity index (χ3n) is 5.34. The Balaban J connectivity index is 1.37. The zero-order chi connectivity index (χ0) is 21.8. The van der Waals surface area contributed by atoms with Crippen LogP contribution >= 0.6 is 11.6 Å². The van der Waals surface area contributed by atoms with Crippen molar-refractivity contribution in [1.82, 2.24) is 4.90 Å². The van der Waals surface area contributed by atoms with Crippen molar-refractivity contribution in [3.63, 3.8) is 0 Å². The second-order valence-electron chi connectivity index (χ2n) is 7.42. The highest BCUT2D eigenvalue weighted by atomic mass is 35.5. The molecule has 9 heteroatoms. The lowest BCUT2D eigenvalue weighted by molar-refractivity contribution is -0.125. The first-order chi connectivity index (χ1) is 15.0. The Bertz CT molecular complexity index is 964. The van der Waals surface area contributed by atoms with E-state index in [4.69, 9.17) is 16.3 Å². The van der Waals surface area contributed by atoms with E-state index in [9.17, 15) is 14.4 Å². The molecule has 2 aromatic carbocycles. The number of rotatable bonds is 4. The number of nitrogens with one attached hydrogen (secondary N) is 2. The van der Waals surface area contributed by atoms with Crippen molar-refractivity contribution in [1.29, 1.82) is 0 Å². The number of nitrogens with zero attached hydrogens (tertiary/aromatic N) is 2. The average molecular weight is 443 g/mol. The number of likely N-dealkylation sites (tertiary alicyclic amines) is 1. The van der Waals surface area contributed by atoms with Crippen molar-refractivity contribution in [2.45, 2.75) is 18.9 Å². The van der Waals surface area contributed by atoms with Gasteiger partial charge in [-0.25, -0.2) is 4.79 Å². The van der Waals surface area contributed by atoms with Crippen LogP contribution in [0.2, 0.25) is 5.02 Å². The smallest absolute Gasteiger partial charge is 0.322 e. The van der Waals surface area contributed by atoms with E-state index in [0.29, 0.717) is 42.5 Å². The number of urea groups is 1. The van der Waals surface area contributed by atoms with Gasteiger partial charge in [-0.2, -0.15) is 0 Å². The molecule has 0 spiro atoms. The number of amides is 4. The van der Waals surface area contributed by atoms with Crippen molar-refractivity contribution in [3.05, 3.63) is 53.6 Å². The van der Waals surface area contributed by atoms with Gasteiger partial charge in [0.15, 0.2) is 0 Å². The molecule has 2 N–H and O–H groups in total. The standard InChI is InChI=1S/C22H23ClN4O4/c23-15-3-5-17(6-4-15)25-22(30)27-11-1-2-19(27)21(29)24-16-7-9-18(10-8-16)26-12-13-31-14-20(26)28/h3-10,19H,1-2,11-14H2,(H,24,29)(H,25,30)/t19-/m1/s1. The van der Waals surface area contributed by atoms with E-state index in [-0.39, 0.29) is 24.5 Å². The largest absolute Gasteiger partial charge is 0.370 e. The summed E-state index contributed by atoms with van der Waals surface area (Å²) in [5.41, 5.74) is 1.99. The molecule has 4 rings (SSSR count).